The second-order valence-electron chi connectivity index (χ2n) is 3.37. The molecule has 0 aliphatic carbocycles. The molecule has 0 saturated carbocycles. The van der Waals surface area contributed by atoms with Crippen molar-refractivity contribution in [2.45, 2.75) is 6.04 Å². The fourth-order valence-electron chi connectivity index (χ4n) is 1.24. The fourth-order valence-corrected chi connectivity index (χ4v) is 1.73. The van der Waals surface area contributed by atoms with E-state index in [9.17, 15) is 0 Å². The molecule has 2 aromatic rings. The van der Waals surface area contributed by atoms with Crippen LogP contribution in [0.2, 0.25) is 10.0 Å². The van der Waals surface area contributed by atoms with Gasteiger partial charge in [-0.25, -0.2) is 0 Å². The average molecular weight is 274 g/mol. The summed E-state index contributed by atoms with van der Waals surface area (Å²) in [5.74, 6) is 0.471. The summed E-state index contributed by atoms with van der Waals surface area (Å²) in [6, 6.07) is 4.25. The summed E-state index contributed by atoms with van der Waals surface area (Å²) in [7, 11) is 0. The first kappa shape index (κ1) is 12.3. The third-order valence-electron chi connectivity index (χ3n) is 2.13. The van der Waals surface area contributed by atoms with Crippen molar-refractivity contribution in [1.29, 1.82) is 0 Å². The van der Waals surface area contributed by atoms with Gasteiger partial charge >= 0.3 is 0 Å². The lowest BCUT2D eigenvalue weighted by Crippen LogP contribution is -2.15. The van der Waals surface area contributed by atoms with Crippen LogP contribution in [0.3, 0.4) is 0 Å². The van der Waals surface area contributed by atoms with E-state index in [1.54, 1.807) is 18.2 Å². The summed E-state index contributed by atoms with van der Waals surface area (Å²) < 4.78 is 5.01. The maximum atomic E-state index is 8.87. The molecule has 1 heterocycles. The first-order valence-corrected chi connectivity index (χ1v) is 5.53. The molecule has 5 nitrogen and oxygen atoms in total. The number of aliphatic hydroxyl groups is 1. The molecule has 0 saturated heterocycles. The van der Waals surface area contributed by atoms with E-state index >= 15 is 0 Å². The second kappa shape index (κ2) is 5.01. The zero-order valence-corrected chi connectivity index (χ0v) is 10.1. The Hall–Kier alpha value is -1.14. The highest BCUT2D eigenvalue weighted by Crippen LogP contribution is 2.29. The Kier molecular flexibility index (Phi) is 3.63. The lowest BCUT2D eigenvalue weighted by atomic mass is 10.2. The number of nitrogens with zero attached hydrogens (tertiary/aromatic N) is 2. The zero-order valence-electron chi connectivity index (χ0n) is 8.60. The molecule has 0 amide bonds. The van der Waals surface area contributed by atoms with Crippen LogP contribution in [0.4, 0.5) is 0 Å². The Labute approximate surface area is 107 Å². The molecule has 17 heavy (non-hydrogen) atoms. The van der Waals surface area contributed by atoms with Gasteiger partial charge in [-0.05, 0) is 18.2 Å². The van der Waals surface area contributed by atoms with E-state index in [1.165, 1.54) is 0 Å². The van der Waals surface area contributed by atoms with Crippen molar-refractivity contribution < 1.29 is 9.63 Å². The van der Waals surface area contributed by atoms with Crippen LogP contribution in [0, 0.1) is 0 Å². The van der Waals surface area contributed by atoms with Crippen LogP contribution in [0.15, 0.2) is 22.7 Å². The maximum Gasteiger partial charge on any atom is 0.259 e. The van der Waals surface area contributed by atoms with Gasteiger partial charge in [0.2, 0.25) is 0 Å². The number of hydrogen-bond acceptors (Lipinski definition) is 5. The maximum absolute atomic E-state index is 8.87. The molecule has 2 rings (SSSR count). The molecule has 0 bridgehead atoms. The van der Waals surface area contributed by atoms with Gasteiger partial charge in [-0.1, -0.05) is 28.4 Å². The van der Waals surface area contributed by atoms with Gasteiger partial charge in [0.15, 0.2) is 5.82 Å². The van der Waals surface area contributed by atoms with Crippen LogP contribution in [0.5, 0.6) is 0 Å². The number of aromatic nitrogens is 2. The third-order valence-corrected chi connectivity index (χ3v) is 2.68. The van der Waals surface area contributed by atoms with Gasteiger partial charge in [0.05, 0.1) is 23.2 Å². The summed E-state index contributed by atoms with van der Waals surface area (Å²) in [5.41, 5.74) is 6.13. The van der Waals surface area contributed by atoms with Gasteiger partial charge in [-0.2, -0.15) is 4.98 Å². The van der Waals surface area contributed by atoms with Gasteiger partial charge in [0.1, 0.15) is 0 Å². The Balaban J connectivity index is 2.37. The number of nitrogens with two attached hydrogens (primary N) is 1. The van der Waals surface area contributed by atoms with Crippen molar-refractivity contribution in [2.75, 3.05) is 6.61 Å². The van der Waals surface area contributed by atoms with Crippen molar-refractivity contribution in [1.82, 2.24) is 10.1 Å². The largest absolute Gasteiger partial charge is 0.394 e. The van der Waals surface area contributed by atoms with Gasteiger partial charge in [0, 0.05) is 5.02 Å². The lowest BCUT2D eigenvalue weighted by Gasteiger charge is -2.00. The minimum absolute atomic E-state index is 0.230. The first-order valence-electron chi connectivity index (χ1n) is 4.77. The summed E-state index contributed by atoms with van der Waals surface area (Å²) >= 11 is 11.8. The molecule has 0 spiro atoms. The highest BCUT2D eigenvalue weighted by atomic mass is 35.5. The van der Waals surface area contributed by atoms with Crippen molar-refractivity contribution >= 4 is 23.2 Å². The smallest absolute Gasteiger partial charge is 0.259 e. The van der Waals surface area contributed by atoms with Crippen LogP contribution in [-0.4, -0.2) is 21.9 Å². The fraction of sp³-hybridized carbons (Fsp3) is 0.200. The number of aliphatic hydroxyl groups excluding tert-OH is 1. The predicted octanol–water partition coefficient (Wildman–Crippen LogP) is 2.04. The Morgan fingerprint density at radius 3 is 2.82 bits per heavy atom. The van der Waals surface area contributed by atoms with Gasteiger partial charge < -0.3 is 15.4 Å². The van der Waals surface area contributed by atoms with Crippen LogP contribution in [0.1, 0.15) is 11.9 Å². The van der Waals surface area contributed by atoms with Crippen LogP contribution < -0.4 is 5.73 Å². The summed E-state index contributed by atoms with van der Waals surface area (Å²) in [5, 5.41) is 13.5. The van der Waals surface area contributed by atoms with Crippen molar-refractivity contribution in [3.8, 4) is 11.5 Å². The molecular formula is C10H9Cl2N3O2. The summed E-state index contributed by atoms with van der Waals surface area (Å²) in [6.45, 7) is -0.257. The van der Waals surface area contributed by atoms with Crippen LogP contribution >= 0.6 is 23.2 Å². The van der Waals surface area contributed by atoms with E-state index in [0.717, 1.165) is 0 Å². The van der Waals surface area contributed by atoms with Gasteiger partial charge in [-0.3, -0.25) is 0 Å². The third kappa shape index (κ3) is 2.58. The highest BCUT2D eigenvalue weighted by molar-refractivity contribution is 6.36. The molecule has 1 unspecified atom stereocenters. The zero-order chi connectivity index (χ0) is 12.4. The van der Waals surface area contributed by atoms with E-state index in [4.69, 9.17) is 38.6 Å². The molecule has 1 aromatic carbocycles. The van der Waals surface area contributed by atoms with Crippen molar-refractivity contribution in [3.63, 3.8) is 0 Å². The molecular weight excluding hydrogens is 265 g/mol. The van der Waals surface area contributed by atoms with E-state index in [-0.39, 0.29) is 18.3 Å². The molecule has 1 atom stereocenters. The first-order chi connectivity index (χ1) is 8.11. The molecule has 0 fully saturated rings. The Bertz CT molecular complexity index is 530. The molecule has 0 radical (unpaired) electrons. The van der Waals surface area contributed by atoms with E-state index in [0.29, 0.717) is 15.6 Å². The lowest BCUT2D eigenvalue weighted by molar-refractivity contribution is 0.260. The Morgan fingerprint density at radius 1 is 1.41 bits per heavy atom. The SMILES string of the molecule is NC(CO)c1noc(-c2ccc(Cl)cc2Cl)n1. The molecule has 7 heteroatoms. The molecule has 1 aromatic heterocycles. The van der Waals surface area contributed by atoms with Crippen molar-refractivity contribution in [3.05, 3.63) is 34.1 Å². The number of benzene rings is 1. The van der Waals surface area contributed by atoms with Crippen LogP contribution in [-0.2, 0) is 0 Å². The summed E-state index contributed by atoms with van der Waals surface area (Å²) in [4.78, 5) is 4.05. The number of rotatable bonds is 3. The summed E-state index contributed by atoms with van der Waals surface area (Å²) in [6.07, 6.45) is 0. The minimum Gasteiger partial charge on any atom is -0.394 e. The molecule has 3 N–H and O–H groups in total. The quantitative estimate of drug-likeness (QED) is 0.894. The standard InChI is InChI=1S/C10H9Cl2N3O2/c11-5-1-2-6(7(12)3-5)10-14-9(15-17-10)8(13)4-16/h1-3,8,16H,4,13H2. The minimum atomic E-state index is -0.668. The Morgan fingerprint density at radius 2 is 2.18 bits per heavy atom. The number of halogens is 2. The predicted molar refractivity (Wildman–Crippen MR) is 63.8 cm³/mol. The second-order valence-corrected chi connectivity index (χ2v) is 4.21. The topological polar surface area (TPSA) is 85.2 Å². The van der Waals surface area contributed by atoms with Crippen molar-refractivity contribution in [2.24, 2.45) is 5.73 Å². The van der Waals surface area contributed by atoms with Gasteiger partial charge in [0.25, 0.3) is 5.89 Å². The van der Waals surface area contributed by atoms with E-state index in [2.05, 4.69) is 10.1 Å². The van der Waals surface area contributed by atoms with E-state index < -0.39 is 6.04 Å². The average Bonchev–Trinajstić information content (AvgIpc) is 2.77. The highest BCUT2D eigenvalue weighted by Gasteiger charge is 2.16. The molecule has 0 aliphatic rings. The molecule has 90 valence electrons. The van der Waals surface area contributed by atoms with E-state index in [1.807, 2.05) is 0 Å². The normalized spacial score (nSPS) is 12.7. The number of hydrogen-bond donors (Lipinski definition) is 2. The van der Waals surface area contributed by atoms with Gasteiger partial charge in [-0.15, -0.1) is 0 Å². The molecule has 0 aliphatic heterocycles. The monoisotopic (exact) mass is 273 g/mol. The van der Waals surface area contributed by atoms with Crippen LogP contribution in [0.25, 0.3) is 11.5 Å².